The third-order valence-electron chi connectivity index (χ3n) is 4.32. The Hall–Kier alpha value is -4.26. The molecule has 0 unspecified atom stereocenters. The van der Waals surface area contributed by atoms with Gasteiger partial charge in [0, 0.05) is 0 Å². The highest BCUT2D eigenvalue weighted by atomic mass is 19.1. The van der Waals surface area contributed by atoms with E-state index in [4.69, 9.17) is 4.74 Å². The minimum absolute atomic E-state index is 0.0251. The Bertz CT molecular complexity index is 1170. The van der Waals surface area contributed by atoms with Crippen LogP contribution in [0.5, 0.6) is 11.5 Å². The van der Waals surface area contributed by atoms with E-state index < -0.39 is 23.7 Å². The van der Waals surface area contributed by atoms with E-state index in [2.05, 4.69) is 5.32 Å². The van der Waals surface area contributed by atoms with Crippen molar-refractivity contribution in [2.45, 2.75) is 0 Å². The van der Waals surface area contributed by atoms with E-state index >= 15 is 0 Å². The summed E-state index contributed by atoms with van der Waals surface area (Å²) in [5.41, 5.74) is 0.295. The highest BCUT2D eigenvalue weighted by molar-refractivity contribution is 6.39. The van der Waals surface area contributed by atoms with Crippen LogP contribution in [0.3, 0.4) is 0 Å². The van der Waals surface area contributed by atoms with Crippen molar-refractivity contribution in [3.05, 3.63) is 95.8 Å². The molecule has 0 atom stereocenters. The molecule has 1 saturated heterocycles. The molecular weight excluding hydrogens is 387 g/mol. The molecule has 1 aliphatic rings. The number of nitrogens with zero attached hydrogens (tertiary/aromatic N) is 1. The van der Waals surface area contributed by atoms with Crippen LogP contribution in [-0.4, -0.2) is 17.8 Å². The molecule has 0 radical (unpaired) electrons. The van der Waals surface area contributed by atoms with Crippen molar-refractivity contribution in [2.75, 3.05) is 4.90 Å². The third-order valence-corrected chi connectivity index (χ3v) is 4.32. The number of rotatable bonds is 4. The highest BCUT2D eigenvalue weighted by Gasteiger charge is 2.36. The number of halogens is 1. The molecule has 4 rings (SSSR count). The van der Waals surface area contributed by atoms with Gasteiger partial charge in [-0.2, -0.15) is 0 Å². The molecule has 0 aromatic heterocycles. The molecular formula is C23H15FN2O4. The summed E-state index contributed by atoms with van der Waals surface area (Å²) >= 11 is 0. The Morgan fingerprint density at radius 1 is 0.833 bits per heavy atom. The van der Waals surface area contributed by atoms with Gasteiger partial charge in [-0.15, -0.1) is 0 Å². The first-order valence-corrected chi connectivity index (χ1v) is 9.01. The van der Waals surface area contributed by atoms with Gasteiger partial charge in [0.25, 0.3) is 11.8 Å². The molecule has 148 valence electrons. The van der Waals surface area contributed by atoms with Crippen LogP contribution in [0.1, 0.15) is 5.56 Å². The fourth-order valence-electron chi connectivity index (χ4n) is 2.97. The van der Waals surface area contributed by atoms with Crippen LogP contribution in [0.4, 0.5) is 14.9 Å². The molecule has 3 aromatic carbocycles. The number of hydrogen-bond donors (Lipinski definition) is 1. The van der Waals surface area contributed by atoms with Crippen molar-refractivity contribution in [1.29, 1.82) is 0 Å². The van der Waals surface area contributed by atoms with Gasteiger partial charge in [0.2, 0.25) is 0 Å². The van der Waals surface area contributed by atoms with Crippen LogP contribution >= 0.6 is 0 Å². The predicted octanol–water partition coefficient (Wildman–Crippen LogP) is 4.28. The van der Waals surface area contributed by atoms with E-state index in [0.717, 1.165) is 11.0 Å². The van der Waals surface area contributed by atoms with Crippen LogP contribution < -0.4 is 15.0 Å². The van der Waals surface area contributed by atoms with Crippen LogP contribution in [0, 0.1) is 5.82 Å². The van der Waals surface area contributed by atoms with Crippen LogP contribution in [-0.2, 0) is 9.59 Å². The van der Waals surface area contributed by atoms with E-state index in [1.807, 2.05) is 18.2 Å². The topological polar surface area (TPSA) is 75.7 Å². The van der Waals surface area contributed by atoms with E-state index in [0.29, 0.717) is 17.1 Å². The number of imide groups is 2. The maximum Gasteiger partial charge on any atom is 0.335 e. The first kappa shape index (κ1) is 19.1. The Labute approximate surface area is 171 Å². The third kappa shape index (κ3) is 3.95. The number of carbonyl (C=O) groups is 3. The number of anilines is 1. The van der Waals surface area contributed by atoms with E-state index in [9.17, 15) is 18.8 Å². The van der Waals surface area contributed by atoms with Crippen molar-refractivity contribution in [3.8, 4) is 11.5 Å². The van der Waals surface area contributed by atoms with Crippen molar-refractivity contribution in [1.82, 2.24) is 5.32 Å². The Balaban J connectivity index is 1.65. The van der Waals surface area contributed by atoms with E-state index in [1.165, 1.54) is 24.3 Å². The molecule has 7 heteroatoms. The van der Waals surface area contributed by atoms with Crippen LogP contribution in [0.25, 0.3) is 6.08 Å². The smallest absolute Gasteiger partial charge is 0.335 e. The second-order valence-electron chi connectivity index (χ2n) is 6.43. The molecule has 1 aliphatic heterocycles. The number of hydrogen-bond acceptors (Lipinski definition) is 4. The lowest BCUT2D eigenvalue weighted by atomic mass is 10.1. The number of nitrogens with one attached hydrogen (secondary N) is 1. The standard InChI is InChI=1S/C23H15FN2O4/c24-16-7-5-8-17(14-16)26-22(28)20(21(27)25-23(26)29)13-15-6-4-11-19(12-15)30-18-9-2-1-3-10-18/h1-14H,(H,25,27,29)/b20-13+. The van der Waals surface area contributed by atoms with Gasteiger partial charge < -0.3 is 4.74 Å². The minimum atomic E-state index is -0.936. The largest absolute Gasteiger partial charge is 0.457 e. The van der Waals surface area contributed by atoms with Gasteiger partial charge in [0.05, 0.1) is 5.69 Å². The summed E-state index contributed by atoms with van der Waals surface area (Å²) in [5, 5.41) is 2.11. The van der Waals surface area contributed by atoms with Crippen molar-refractivity contribution in [2.24, 2.45) is 0 Å². The molecule has 6 nitrogen and oxygen atoms in total. The van der Waals surface area contributed by atoms with E-state index in [-0.39, 0.29) is 11.3 Å². The first-order valence-electron chi connectivity index (χ1n) is 9.01. The number of amides is 4. The SMILES string of the molecule is O=C1NC(=O)N(c2cccc(F)c2)C(=O)/C1=C/c1cccc(Oc2ccccc2)c1. The zero-order valence-electron chi connectivity index (χ0n) is 15.5. The Kier molecular flexibility index (Phi) is 5.09. The summed E-state index contributed by atoms with van der Waals surface area (Å²) in [6, 6.07) is 20.0. The first-order chi connectivity index (χ1) is 14.5. The molecule has 0 spiro atoms. The van der Waals surface area contributed by atoms with Gasteiger partial charge in [0.1, 0.15) is 22.9 Å². The summed E-state index contributed by atoms with van der Waals surface area (Å²) in [5.74, 6) is -1.13. The Morgan fingerprint density at radius 3 is 2.33 bits per heavy atom. The van der Waals surface area contributed by atoms with Gasteiger partial charge in [-0.05, 0) is 54.1 Å². The van der Waals surface area contributed by atoms with Crippen molar-refractivity contribution in [3.63, 3.8) is 0 Å². The average Bonchev–Trinajstić information content (AvgIpc) is 2.72. The van der Waals surface area contributed by atoms with Crippen molar-refractivity contribution >= 4 is 29.6 Å². The quantitative estimate of drug-likeness (QED) is 0.522. The van der Waals surface area contributed by atoms with Gasteiger partial charge >= 0.3 is 6.03 Å². The molecule has 3 aromatic rings. The zero-order chi connectivity index (χ0) is 21.1. The zero-order valence-corrected chi connectivity index (χ0v) is 15.5. The average molecular weight is 402 g/mol. The number of urea groups is 1. The number of para-hydroxylation sites is 1. The molecule has 0 saturated carbocycles. The number of benzene rings is 3. The van der Waals surface area contributed by atoms with Gasteiger partial charge in [-0.3, -0.25) is 14.9 Å². The van der Waals surface area contributed by atoms with Crippen molar-refractivity contribution < 1.29 is 23.5 Å². The number of ether oxygens (including phenoxy) is 1. The predicted molar refractivity (Wildman–Crippen MR) is 108 cm³/mol. The Morgan fingerprint density at radius 2 is 1.57 bits per heavy atom. The lowest BCUT2D eigenvalue weighted by Crippen LogP contribution is -2.54. The highest BCUT2D eigenvalue weighted by Crippen LogP contribution is 2.25. The number of barbiturate groups is 1. The summed E-state index contributed by atoms with van der Waals surface area (Å²) in [6.45, 7) is 0. The fraction of sp³-hybridized carbons (Fsp3) is 0. The summed E-state index contributed by atoms with van der Waals surface area (Å²) in [6.07, 6.45) is 1.36. The van der Waals surface area contributed by atoms with Crippen LogP contribution in [0.2, 0.25) is 0 Å². The molecule has 4 amide bonds. The second kappa shape index (κ2) is 8.00. The lowest BCUT2D eigenvalue weighted by molar-refractivity contribution is -0.122. The molecule has 1 fully saturated rings. The van der Waals surface area contributed by atoms with Crippen LogP contribution in [0.15, 0.2) is 84.4 Å². The fourth-order valence-corrected chi connectivity index (χ4v) is 2.97. The van der Waals surface area contributed by atoms with E-state index in [1.54, 1.807) is 36.4 Å². The monoisotopic (exact) mass is 402 g/mol. The van der Waals surface area contributed by atoms with Gasteiger partial charge in [0.15, 0.2) is 0 Å². The normalized spacial score (nSPS) is 15.3. The molecule has 0 aliphatic carbocycles. The summed E-state index contributed by atoms with van der Waals surface area (Å²) in [7, 11) is 0. The van der Waals surface area contributed by atoms with Gasteiger partial charge in [-0.1, -0.05) is 36.4 Å². The number of carbonyl (C=O) groups excluding carboxylic acids is 3. The molecule has 1 N–H and O–H groups in total. The van der Waals surface area contributed by atoms with Gasteiger partial charge in [-0.25, -0.2) is 14.1 Å². The molecule has 30 heavy (non-hydrogen) atoms. The molecule has 1 heterocycles. The lowest BCUT2D eigenvalue weighted by Gasteiger charge is -2.26. The second-order valence-corrected chi connectivity index (χ2v) is 6.43. The minimum Gasteiger partial charge on any atom is -0.457 e. The maximum absolute atomic E-state index is 13.6. The summed E-state index contributed by atoms with van der Waals surface area (Å²) < 4.78 is 19.3. The summed E-state index contributed by atoms with van der Waals surface area (Å²) in [4.78, 5) is 38.1. The maximum atomic E-state index is 13.6. The molecule has 0 bridgehead atoms.